The molecular formula is C12H24N4. The van der Waals surface area contributed by atoms with Crippen molar-refractivity contribution in [2.75, 3.05) is 20.1 Å². The first-order valence-electron chi connectivity index (χ1n) is 5.86. The maximum Gasteiger partial charge on any atom is 0.0948 e. The van der Waals surface area contributed by atoms with Gasteiger partial charge in [-0.25, -0.2) is 4.98 Å². The Morgan fingerprint density at radius 2 is 2.19 bits per heavy atom. The van der Waals surface area contributed by atoms with E-state index < -0.39 is 0 Å². The van der Waals surface area contributed by atoms with Gasteiger partial charge >= 0.3 is 0 Å². The van der Waals surface area contributed by atoms with Crippen molar-refractivity contribution in [1.29, 1.82) is 0 Å². The molecule has 0 atom stereocenters. The topological polar surface area (TPSA) is 47.1 Å². The van der Waals surface area contributed by atoms with Crippen LogP contribution in [0.25, 0.3) is 0 Å². The molecule has 92 valence electrons. The van der Waals surface area contributed by atoms with Gasteiger partial charge in [-0.2, -0.15) is 0 Å². The summed E-state index contributed by atoms with van der Waals surface area (Å²) in [4.78, 5) is 6.48. The number of aromatic nitrogens is 2. The van der Waals surface area contributed by atoms with Gasteiger partial charge in [-0.1, -0.05) is 13.8 Å². The van der Waals surface area contributed by atoms with Crippen LogP contribution < -0.4 is 5.73 Å². The molecule has 0 aromatic carbocycles. The van der Waals surface area contributed by atoms with Crippen LogP contribution in [0.15, 0.2) is 12.5 Å². The predicted molar refractivity (Wildman–Crippen MR) is 67.1 cm³/mol. The van der Waals surface area contributed by atoms with Crippen molar-refractivity contribution in [2.45, 2.75) is 33.9 Å². The zero-order chi connectivity index (χ0) is 12.2. The summed E-state index contributed by atoms with van der Waals surface area (Å²) in [6.45, 7) is 10.1. The number of nitrogens with two attached hydrogens (primary N) is 1. The third-order valence-corrected chi connectivity index (χ3v) is 2.82. The zero-order valence-electron chi connectivity index (χ0n) is 10.9. The maximum atomic E-state index is 5.74. The first kappa shape index (κ1) is 13.2. The number of imidazole rings is 1. The Kier molecular flexibility index (Phi) is 4.50. The minimum atomic E-state index is 0.172. The molecule has 0 radical (unpaired) electrons. The number of hydrogen-bond donors (Lipinski definition) is 1. The Hall–Kier alpha value is -0.870. The summed E-state index contributed by atoms with van der Waals surface area (Å²) in [5.41, 5.74) is 7.17. The van der Waals surface area contributed by atoms with E-state index in [1.54, 1.807) is 0 Å². The van der Waals surface area contributed by atoms with Gasteiger partial charge in [0.05, 0.1) is 12.0 Å². The second-order valence-electron chi connectivity index (χ2n) is 5.21. The lowest BCUT2D eigenvalue weighted by Crippen LogP contribution is -2.36. The molecule has 0 spiro atoms. The van der Waals surface area contributed by atoms with Crippen LogP contribution in [0.2, 0.25) is 0 Å². The van der Waals surface area contributed by atoms with Gasteiger partial charge in [0.15, 0.2) is 0 Å². The highest BCUT2D eigenvalue weighted by atomic mass is 15.1. The van der Waals surface area contributed by atoms with Crippen molar-refractivity contribution >= 4 is 0 Å². The lowest BCUT2D eigenvalue weighted by Gasteiger charge is -2.29. The summed E-state index contributed by atoms with van der Waals surface area (Å²) in [6.07, 6.45) is 3.83. The third-order valence-electron chi connectivity index (χ3n) is 2.82. The Morgan fingerprint density at radius 3 is 2.75 bits per heavy atom. The molecule has 0 saturated carbocycles. The molecule has 0 bridgehead atoms. The molecule has 0 aliphatic rings. The normalized spacial score (nSPS) is 12.4. The second kappa shape index (κ2) is 5.46. The number of hydrogen-bond acceptors (Lipinski definition) is 3. The lowest BCUT2D eigenvalue weighted by molar-refractivity contribution is 0.206. The van der Waals surface area contributed by atoms with Crippen molar-refractivity contribution in [3.63, 3.8) is 0 Å². The molecule has 0 fully saturated rings. The highest BCUT2D eigenvalue weighted by Gasteiger charge is 2.18. The first-order valence-corrected chi connectivity index (χ1v) is 5.86. The summed E-state index contributed by atoms with van der Waals surface area (Å²) in [7, 11) is 2.13. The molecular weight excluding hydrogens is 200 g/mol. The van der Waals surface area contributed by atoms with Gasteiger partial charge < -0.3 is 10.3 Å². The quantitative estimate of drug-likeness (QED) is 0.793. The minimum absolute atomic E-state index is 0.172. The fourth-order valence-corrected chi connectivity index (χ4v) is 1.89. The summed E-state index contributed by atoms with van der Waals surface area (Å²) >= 11 is 0. The molecule has 1 aromatic rings. The molecule has 0 unspecified atom stereocenters. The molecule has 0 aliphatic carbocycles. The van der Waals surface area contributed by atoms with Crippen LogP contribution >= 0.6 is 0 Å². The summed E-state index contributed by atoms with van der Waals surface area (Å²) < 4.78 is 2.17. The first-order chi connectivity index (χ1) is 7.48. The van der Waals surface area contributed by atoms with Crippen molar-refractivity contribution in [3.8, 4) is 0 Å². The molecule has 1 heterocycles. The Bertz CT molecular complexity index is 317. The fraction of sp³-hybridized carbons (Fsp3) is 0.750. The highest BCUT2D eigenvalue weighted by Crippen LogP contribution is 2.15. The summed E-state index contributed by atoms with van der Waals surface area (Å²) in [5.74, 6) is 0. The van der Waals surface area contributed by atoms with Gasteiger partial charge in [0.1, 0.15) is 0 Å². The minimum Gasteiger partial charge on any atom is -0.334 e. The van der Waals surface area contributed by atoms with Gasteiger partial charge in [-0.05, 0) is 25.9 Å². The van der Waals surface area contributed by atoms with E-state index in [-0.39, 0.29) is 5.41 Å². The van der Waals surface area contributed by atoms with E-state index in [4.69, 9.17) is 5.73 Å². The molecule has 4 nitrogen and oxygen atoms in total. The average molecular weight is 224 g/mol. The van der Waals surface area contributed by atoms with Crippen LogP contribution in [0.4, 0.5) is 0 Å². The van der Waals surface area contributed by atoms with Crippen LogP contribution in [0.5, 0.6) is 0 Å². The fourth-order valence-electron chi connectivity index (χ4n) is 1.89. The molecule has 2 N–H and O–H groups in total. The predicted octanol–water partition coefficient (Wildman–Crippen LogP) is 1.32. The standard InChI is InChI=1S/C12H24N4/c1-5-16-10-14-6-11(16)7-15(4)9-12(2,3)8-13/h6,10H,5,7-9,13H2,1-4H3. The van der Waals surface area contributed by atoms with E-state index in [9.17, 15) is 0 Å². The van der Waals surface area contributed by atoms with Crippen molar-refractivity contribution in [1.82, 2.24) is 14.5 Å². The monoisotopic (exact) mass is 224 g/mol. The molecule has 0 saturated heterocycles. The van der Waals surface area contributed by atoms with Crippen molar-refractivity contribution in [2.24, 2.45) is 11.1 Å². The largest absolute Gasteiger partial charge is 0.334 e. The van der Waals surface area contributed by atoms with Gasteiger partial charge in [-0.3, -0.25) is 4.90 Å². The Labute approximate surface area is 98.5 Å². The Balaban J connectivity index is 2.54. The van der Waals surface area contributed by atoms with Gasteiger partial charge in [-0.15, -0.1) is 0 Å². The van der Waals surface area contributed by atoms with E-state index >= 15 is 0 Å². The van der Waals surface area contributed by atoms with Crippen LogP contribution in [0.3, 0.4) is 0 Å². The van der Waals surface area contributed by atoms with Crippen LogP contribution in [0, 0.1) is 5.41 Å². The van der Waals surface area contributed by atoms with Crippen LogP contribution in [-0.4, -0.2) is 34.6 Å². The van der Waals surface area contributed by atoms with Gasteiger partial charge in [0.2, 0.25) is 0 Å². The molecule has 4 heteroatoms. The second-order valence-corrected chi connectivity index (χ2v) is 5.21. The molecule has 16 heavy (non-hydrogen) atoms. The van der Waals surface area contributed by atoms with Crippen molar-refractivity contribution < 1.29 is 0 Å². The molecule has 0 aliphatic heterocycles. The SMILES string of the molecule is CCn1cncc1CN(C)CC(C)(C)CN. The summed E-state index contributed by atoms with van der Waals surface area (Å²) in [5, 5.41) is 0. The van der Waals surface area contributed by atoms with Crippen LogP contribution in [-0.2, 0) is 13.1 Å². The zero-order valence-corrected chi connectivity index (χ0v) is 10.9. The molecule has 1 aromatic heterocycles. The molecule has 1 rings (SSSR count). The number of aryl methyl sites for hydroxylation is 1. The smallest absolute Gasteiger partial charge is 0.0948 e. The third kappa shape index (κ3) is 3.61. The van der Waals surface area contributed by atoms with E-state index in [0.29, 0.717) is 6.54 Å². The molecule has 0 amide bonds. The number of nitrogens with zero attached hydrogens (tertiary/aromatic N) is 3. The maximum absolute atomic E-state index is 5.74. The lowest BCUT2D eigenvalue weighted by atomic mass is 9.93. The highest BCUT2D eigenvalue weighted by molar-refractivity contribution is 4.98. The number of rotatable bonds is 6. The van der Waals surface area contributed by atoms with E-state index in [1.165, 1.54) is 5.69 Å². The van der Waals surface area contributed by atoms with Crippen molar-refractivity contribution in [3.05, 3.63) is 18.2 Å². The summed E-state index contributed by atoms with van der Waals surface area (Å²) in [6, 6.07) is 0. The van der Waals surface area contributed by atoms with Gasteiger partial charge in [0, 0.05) is 25.8 Å². The van der Waals surface area contributed by atoms with Gasteiger partial charge in [0.25, 0.3) is 0 Å². The average Bonchev–Trinajstić information content (AvgIpc) is 2.64. The Morgan fingerprint density at radius 1 is 1.50 bits per heavy atom. The van der Waals surface area contributed by atoms with E-state index in [2.05, 4.69) is 42.3 Å². The van der Waals surface area contributed by atoms with Crippen LogP contribution in [0.1, 0.15) is 26.5 Å². The van der Waals surface area contributed by atoms with E-state index in [1.807, 2.05) is 12.5 Å². The van der Waals surface area contributed by atoms with E-state index in [0.717, 1.165) is 19.6 Å².